The number of nitrogens with zero attached hydrogens (tertiary/aromatic N) is 2. The van der Waals surface area contributed by atoms with Crippen molar-refractivity contribution >= 4 is 23.4 Å². The number of hydrogen-bond donors (Lipinski definition) is 2. The number of nitrogens with one attached hydrogen (secondary N) is 2. The highest BCUT2D eigenvalue weighted by Gasteiger charge is 2.59. The van der Waals surface area contributed by atoms with E-state index in [1.54, 1.807) is 13.1 Å². The molecule has 0 saturated heterocycles. The molecule has 1 aromatic heterocycles. The van der Waals surface area contributed by atoms with Gasteiger partial charge in [0.2, 0.25) is 0 Å². The molecule has 0 bridgehead atoms. The minimum absolute atomic E-state index is 0.162. The fourth-order valence-corrected chi connectivity index (χ4v) is 8.67. The van der Waals surface area contributed by atoms with Gasteiger partial charge in [0.15, 0.2) is 6.61 Å². The minimum atomic E-state index is -0.838. The smallest absolute Gasteiger partial charge is 0.328 e. The Morgan fingerprint density at radius 2 is 1.97 bits per heavy atom. The lowest BCUT2D eigenvalue weighted by molar-refractivity contribution is -0.145. The Balaban J connectivity index is 1.19. The zero-order valence-corrected chi connectivity index (χ0v) is 23.6. The van der Waals surface area contributed by atoms with Crippen LogP contribution in [0.3, 0.4) is 0 Å². The summed E-state index contributed by atoms with van der Waals surface area (Å²) >= 11 is 0. The molecule has 212 valence electrons. The van der Waals surface area contributed by atoms with Crippen LogP contribution < -0.4 is 5.32 Å². The lowest BCUT2D eigenvalue weighted by Gasteiger charge is -2.58. The second-order valence-corrected chi connectivity index (χ2v) is 12.6. The van der Waals surface area contributed by atoms with Crippen molar-refractivity contribution in [1.29, 1.82) is 0 Å². The molecule has 9 heteroatoms. The average molecular weight is 539 g/mol. The average Bonchev–Trinajstić information content (AvgIpc) is 3.55. The molecule has 0 aromatic carbocycles. The highest BCUT2D eigenvalue weighted by molar-refractivity contribution is 5.96. The van der Waals surface area contributed by atoms with E-state index in [9.17, 15) is 14.4 Å². The number of oxime groups is 1. The van der Waals surface area contributed by atoms with Crippen LogP contribution in [-0.2, 0) is 30.4 Å². The van der Waals surface area contributed by atoms with E-state index < -0.39 is 17.9 Å². The Morgan fingerprint density at radius 1 is 1.15 bits per heavy atom. The summed E-state index contributed by atoms with van der Waals surface area (Å²) in [7, 11) is 1.29. The van der Waals surface area contributed by atoms with Crippen LogP contribution >= 0.6 is 0 Å². The lowest BCUT2D eigenvalue weighted by Crippen LogP contribution is -2.51. The van der Waals surface area contributed by atoms with Crippen molar-refractivity contribution in [2.24, 2.45) is 39.7 Å². The van der Waals surface area contributed by atoms with Gasteiger partial charge in [-0.25, -0.2) is 9.78 Å². The molecule has 3 fully saturated rings. The van der Waals surface area contributed by atoms with E-state index in [1.807, 2.05) is 0 Å². The SMILES string of the molecule is COC(=O)[C@H](Cc1cnc[nH]1)NC(=O)CO/N=C1/C=C2CC[C@H]3[C@@H](CC[C@]4(C)[C@@H](C(C)=O)CC[C@@H]34)[C@@]2(C)CC1. The summed E-state index contributed by atoms with van der Waals surface area (Å²) in [5.74, 6) is 1.65. The number of ether oxygens (including phenoxy) is 1. The van der Waals surface area contributed by atoms with Gasteiger partial charge in [-0.3, -0.25) is 9.59 Å². The van der Waals surface area contributed by atoms with Gasteiger partial charge in [-0.2, -0.15) is 0 Å². The van der Waals surface area contributed by atoms with Crippen molar-refractivity contribution in [2.75, 3.05) is 13.7 Å². The maximum atomic E-state index is 12.5. The highest BCUT2D eigenvalue weighted by atomic mass is 16.6. The number of amides is 1. The second kappa shape index (κ2) is 10.9. The second-order valence-electron chi connectivity index (χ2n) is 12.6. The Morgan fingerprint density at radius 3 is 2.69 bits per heavy atom. The maximum Gasteiger partial charge on any atom is 0.328 e. The van der Waals surface area contributed by atoms with Gasteiger partial charge in [0.1, 0.15) is 11.8 Å². The van der Waals surface area contributed by atoms with E-state index in [2.05, 4.69) is 40.4 Å². The van der Waals surface area contributed by atoms with Gasteiger partial charge >= 0.3 is 5.97 Å². The molecule has 4 aliphatic rings. The number of ketones is 1. The summed E-state index contributed by atoms with van der Waals surface area (Å²) in [5.41, 5.74) is 3.37. The number of carbonyl (C=O) groups excluding carboxylic acids is 3. The van der Waals surface area contributed by atoms with Crippen LogP contribution in [0.1, 0.15) is 77.8 Å². The molecule has 0 aliphatic heterocycles. The molecule has 3 saturated carbocycles. The summed E-state index contributed by atoms with van der Waals surface area (Å²) in [6.07, 6.45) is 14.2. The Kier molecular flexibility index (Phi) is 7.71. The predicted molar refractivity (Wildman–Crippen MR) is 145 cm³/mol. The highest BCUT2D eigenvalue weighted by Crippen LogP contribution is 2.66. The number of H-pyrrole nitrogens is 1. The summed E-state index contributed by atoms with van der Waals surface area (Å²) in [5, 5.41) is 6.97. The molecule has 4 aliphatic carbocycles. The quantitative estimate of drug-likeness (QED) is 0.379. The van der Waals surface area contributed by atoms with Gasteiger partial charge in [-0.15, -0.1) is 0 Å². The predicted octanol–water partition coefficient (Wildman–Crippen LogP) is 4.15. The van der Waals surface area contributed by atoms with Crippen molar-refractivity contribution in [1.82, 2.24) is 15.3 Å². The number of imidazole rings is 1. The number of methoxy groups -OCH3 is 1. The number of esters is 1. The van der Waals surface area contributed by atoms with Crippen LogP contribution in [0.2, 0.25) is 0 Å². The summed E-state index contributed by atoms with van der Waals surface area (Å²) in [6.45, 7) is 6.35. The van der Waals surface area contributed by atoms with Gasteiger partial charge in [0, 0.05) is 24.2 Å². The van der Waals surface area contributed by atoms with Crippen LogP contribution in [0.15, 0.2) is 29.3 Å². The molecule has 1 heterocycles. The number of allylic oxidation sites excluding steroid dienone is 2. The normalized spacial score (nSPS) is 35.2. The Bertz CT molecular complexity index is 1160. The fourth-order valence-electron chi connectivity index (χ4n) is 8.67. The Hall–Kier alpha value is -2.97. The molecule has 7 atom stereocenters. The van der Waals surface area contributed by atoms with E-state index in [1.165, 1.54) is 38.3 Å². The maximum absolute atomic E-state index is 12.5. The van der Waals surface area contributed by atoms with Crippen LogP contribution in [0.4, 0.5) is 0 Å². The number of aromatic amines is 1. The first-order valence-corrected chi connectivity index (χ1v) is 14.4. The number of aromatic nitrogens is 2. The van der Waals surface area contributed by atoms with Crippen molar-refractivity contribution in [3.63, 3.8) is 0 Å². The lowest BCUT2D eigenvalue weighted by atomic mass is 9.46. The van der Waals surface area contributed by atoms with Crippen LogP contribution in [-0.4, -0.2) is 53.1 Å². The van der Waals surface area contributed by atoms with Crippen LogP contribution in [0, 0.1) is 34.5 Å². The van der Waals surface area contributed by atoms with E-state index in [0.29, 0.717) is 29.2 Å². The molecule has 2 N–H and O–H groups in total. The van der Waals surface area contributed by atoms with Crippen molar-refractivity contribution in [2.45, 2.75) is 84.6 Å². The Labute approximate surface area is 230 Å². The summed E-state index contributed by atoms with van der Waals surface area (Å²) < 4.78 is 4.82. The third kappa shape index (κ3) is 5.16. The molecule has 1 aromatic rings. The summed E-state index contributed by atoms with van der Waals surface area (Å²) in [6, 6.07) is -0.838. The third-order valence-electron chi connectivity index (χ3n) is 10.6. The van der Waals surface area contributed by atoms with Crippen molar-refractivity contribution in [3.05, 3.63) is 29.9 Å². The van der Waals surface area contributed by atoms with E-state index in [-0.39, 0.29) is 29.8 Å². The number of carbonyl (C=O) groups is 3. The molecule has 0 radical (unpaired) electrons. The van der Waals surface area contributed by atoms with Crippen molar-refractivity contribution in [3.8, 4) is 0 Å². The monoisotopic (exact) mass is 538 g/mol. The van der Waals surface area contributed by atoms with E-state index in [4.69, 9.17) is 9.57 Å². The topological polar surface area (TPSA) is 123 Å². The number of Topliss-reactive ketones (excluding diaryl/α,β-unsaturated/α-hetero) is 1. The first-order chi connectivity index (χ1) is 18.7. The molecular formula is C30H42N4O5. The number of fused-ring (bicyclic) bond motifs is 5. The molecule has 5 rings (SSSR count). The zero-order valence-electron chi connectivity index (χ0n) is 23.6. The van der Waals surface area contributed by atoms with Crippen LogP contribution in [0.5, 0.6) is 0 Å². The van der Waals surface area contributed by atoms with Crippen molar-refractivity contribution < 1.29 is 24.0 Å². The van der Waals surface area contributed by atoms with Gasteiger partial charge in [0.25, 0.3) is 5.91 Å². The molecule has 9 nitrogen and oxygen atoms in total. The van der Waals surface area contributed by atoms with Crippen LogP contribution in [0.25, 0.3) is 0 Å². The molecule has 39 heavy (non-hydrogen) atoms. The summed E-state index contributed by atoms with van der Waals surface area (Å²) in [4.78, 5) is 49.3. The van der Waals surface area contributed by atoms with Gasteiger partial charge in [-0.05, 0) is 93.0 Å². The molecule has 0 spiro atoms. The first kappa shape index (κ1) is 27.6. The minimum Gasteiger partial charge on any atom is -0.467 e. The van der Waals surface area contributed by atoms with E-state index in [0.717, 1.165) is 37.8 Å². The molecule has 1 amide bonds. The molecular weight excluding hydrogens is 496 g/mol. The largest absolute Gasteiger partial charge is 0.467 e. The van der Waals surface area contributed by atoms with Gasteiger partial charge < -0.3 is 19.9 Å². The van der Waals surface area contributed by atoms with E-state index >= 15 is 0 Å². The zero-order chi connectivity index (χ0) is 27.8. The fraction of sp³-hybridized carbons (Fsp3) is 0.700. The molecule has 0 unspecified atom stereocenters. The number of hydrogen-bond acceptors (Lipinski definition) is 7. The van der Waals surface area contributed by atoms with Gasteiger partial charge in [-0.1, -0.05) is 24.6 Å². The standard InChI is InChI=1S/C30H42N4O5/c1-18(35)23-7-8-24-22-6-5-19-13-20(9-11-29(19,2)25(22)10-12-30(23,24)3)34-39-16-27(36)33-26(28(37)38-4)14-21-15-31-17-32-21/h13,15,17,22-26H,5-12,14,16H2,1-4H3,(H,31,32)(H,33,36)/b34-20+/t22-,23-,24+,25-,26+,29+,30-/m1/s1. The number of rotatable bonds is 8. The first-order valence-electron chi connectivity index (χ1n) is 14.4. The third-order valence-corrected chi connectivity index (χ3v) is 10.6. The van der Waals surface area contributed by atoms with Gasteiger partial charge in [0.05, 0.1) is 19.1 Å².